The summed E-state index contributed by atoms with van der Waals surface area (Å²) in [7, 11) is 1.74. The van der Waals surface area contributed by atoms with Gasteiger partial charge in [-0.2, -0.15) is 0 Å². The van der Waals surface area contributed by atoms with E-state index in [4.69, 9.17) is 4.74 Å². The lowest BCUT2D eigenvalue weighted by molar-refractivity contribution is 0.298. The molecule has 0 amide bonds. The van der Waals surface area contributed by atoms with Crippen LogP contribution in [0.4, 0.5) is 0 Å². The summed E-state index contributed by atoms with van der Waals surface area (Å²) in [6, 6.07) is 8.51. The predicted octanol–water partition coefficient (Wildman–Crippen LogP) is 4.29. The zero-order chi connectivity index (χ0) is 14.8. The molecule has 2 heteroatoms. The molecule has 0 aliphatic heterocycles. The molecule has 1 N–H and O–H groups in total. The van der Waals surface area contributed by atoms with Gasteiger partial charge in [0.2, 0.25) is 0 Å². The van der Waals surface area contributed by atoms with Crippen molar-refractivity contribution in [2.24, 2.45) is 11.8 Å². The molecule has 1 rings (SSSR count). The highest BCUT2D eigenvalue weighted by molar-refractivity contribution is 5.28. The van der Waals surface area contributed by atoms with Crippen molar-refractivity contribution in [3.8, 4) is 5.75 Å². The fraction of sp³-hybridized carbons (Fsp3) is 0.667. The molecule has 0 bridgehead atoms. The molecule has 1 aromatic rings. The lowest BCUT2D eigenvalue weighted by Crippen LogP contribution is -2.30. The van der Waals surface area contributed by atoms with Gasteiger partial charge in [0.25, 0.3) is 0 Å². The van der Waals surface area contributed by atoms with E-state index >= 15 is 0 Å². The second kappa shape index (κ2) is 9.82. The van der Waals surface area contributed by atoms with Crippen LogP contribution in [-0.4, -0.2) is 20.2 Å². The molecule has 0 aliphatic rings. The number of nitrogens with one attached hydrogen (secondary N) is 1. The number of benzene rings is 1. The summed E-state index contributed by atoms with van der Waals surface area (Å²) in [6.45, 7) is 9.09. The topological polar surface area (TPSA) is 21.3 Å². The van der Waals surface area contributed by atoms with Crippen LogP contribution in [0.2, 0.25) is 0 Å². The van der Waals surface area contributed by atoms with Crippen molar-refractivity contribution in [1.29, 1.82) is 0 Å². The van der Waals surface area contributed by atoms with Gasteiger partial charge < -0.3 is 10.1 Å². The van der Waals surface area contributed by atoms with E-state index in [0.29, 0.717) is 5.92 Å². The zero-order valence-corrected chi connectivity index (χ0v) is 13.6. The molecular formula is C18H31NO. The monoisotopic (exact) mass is 277 g/mol. The molecule has 0 aromatic heterocycles. The van der Waals surface area contributed by atoms with Gasteiger partial charge in [-0.1, -0.05) is 45.7 Å². The highest BCUT2D eigenvalue weighted by Gasteiger charge is 2.18. The van der Waals surface area contributed by atoms with Crippen LogP contribution in [0.5, 0.6) is 5.75 Å². The number of hydrogen-bond donors (Lipinski definition) is 1. The summed E-state index contributed by atoms with van der Waals surface area (Å²) in [5.74, 6) is 2.47. The van der Waals surface area contributed by atoms with Crippen molar-refractivity contribution >= 4 is 0 Å². The molecular weight excluding hydrogens is 246 g/mol. The van der Waals surface area contributed by atoms with E-state index in [2.05, 4.69) is 44.3 Å². The molecule has 0 saturated heterocycles. The molecule has 0 spiro atoms. The van der Waals surface area contributed by atoms with Gasteiger partial charge >= 0.3 is 0 Å². The summed E-state index contributed by atoms with van der Waals surface area (Å²) in [6.07, 6.45) is 4.87. The molecule has 1 atom stereocenters. The first-order valence-corrected chi connectivity index (χ1v) is 8.08. The minimum Gasteiger partial charge on any atom is -0.497 e. The predicted molar refractivity (Wildman–Crippen MR) is 87.4 cm³/mol. The Bertz CT molecular complexity index is 360. The van der Waals surface area contributed by atoms with Gasteiger partial charge in [-0.15, -0.1) is 0 Å². The Morgan fingerprint density at radius 3 is 2.45 bits per heavy atom. The number of hydrogen-bond acceptors (Lipinski definition) is 2. The van der Waals surface area contributed by atoms with Gasteiger partial charge in [-0.25, -0.2) is 0 Å². The number of methoxy groups -OCH3 is 1. The SMILES string of the molecule is CCCNCC(Cc1cccc(OC)c1)C(CC)CC. The first-order chi connectivity index (χ1) is 9.74. The molecule has 1 aromatic carbocycles. The van der Waals surface area contributed by atoms with Crippen molar-refractivity contribution in [2.75, 3.05) is 20.2 Å². The largest absolute Gasteiger partial charge is 0.497 e. The average Bonchev–Trinajstić information content (AvgIpc) is 2.48. The highest BCUT2D eigenvalue weighted by Crippen LogP contribution is 2.24. The Morgan fingerprint density at radius 1 is 1.10 bits per heavy atom. The third kappa shape index (κ3) is 5.54. The van der Waals surface area contributed by atoms with Crippen LogP contribution in [0.1, 0.15) is 45.6 Å². The quantitative estimate of drug-likeness (QED) is 0.644. The van der Waals surface area contributed by atoms with Gasteiger partial charge in [-0.05, 0) is 55.5 Å². The molecule has 20 heavy (non-hydrogen) atoms. The van der Waals surface area contributed by atoms with E-state index in [1.807, 2.05) is 6.07 Å². The summed E-state index contributed by atoms with van der Waals surface area (Å²) in [4.78, 5) is 0. The molecule has 0 saturated carbocycles. The Labute approximate surface area is 124 Å². The van der Waals surface area contributed by atoms with Gasteiger partial charge in [0, 0.05) is 0 Å². The van der Waals surface area contributed by atoms with Gasteiger partial charge in [0.15, 0.2) is 0 Å². The lowest BCUT2D eigenvalue weighted by Gasteiger charge is -2.26. The van der Waals surface area contributed by atoms with Crippen LogP contribution in [0.3, 0.4) is 0 Å². The number of ether oxygens (including phenoxy) is 1. The first kappa shape index (κ1) is 17.0. The van der Waals surface area contributed by atoms with Crippen LogP contribution in [0.25, 0.3) is 0 Å². The second-order valence-electron chi connectivity index (χ2n) is 5.60. The molecule has 1 unspecified atom stereocenters. The third-order valence-corrected chi connectivity index (χ3v) is 4.18. The summed E-state index contributed by atoms with van der Waals surface area (Å²) in [5, 5.41) is 3.60. The maximum Gasteiger partial charge on any atom is 0.119 e. The minimum atomic E-state index is 0.712. The minimum absolute atomic E-state index is 0.712. The summed E-state index contributed by atoms with van der Waals surface area (Å²) < 4.78 is 5.33. The Balaban J connectivity index is 2.70. The fourth-order valence-corrected chi connectivity index (χ4v) is 2.93. The highest BCUT2D eigenvalue weighted by atomic mass is 16.5. The molecule has 0 heterocycles. The zero-order valence-electron chi connectivity index (χ0n) is 13.6. The van der Waals surface area contributed by atoms with E-state index in [0.717, 1.165) is 31.2 Å². The standard InChI is InChI=1S/C18H31NO/c1-5-11-19-14-17(16(6-2)7-3)12-15-9-8-10-18(13-15)20-4/h8-10,13,16-17,19H,5-7,11-12,14H2,1-4H3. The van der Waals surface area contributed by atoms with Crippen LogP contribution < -0.4 is 10.1 Å². The Hall–Kier alpha value is -1.02. The maximum absolute atomic E-state index is 5.33. The van der Waals surface area contributed by atoms with Crippen molar-refractivity contribution in [3.63, 3.8) is 0 Å². The smallest absolute Gasteiger partial charge is 0.119 e. The van der Waals surface area contributed by atoms with Crippen LogP contribution in [0, 0.1) is 11.8 Å². The Kier molecular flexibility index (Phi) is 8.36. The third-order valence-electron chi connectivity index (χ3n) is 4.18. The molecule has 0 radical (unpaired) electrons. The van der Waals surface area contributed by atoms with E-state index in [9.17, 15) is 0 Å². The molecule has 2 nitrogen and oxygen atoms in total. The average molecular weight is 277 g/mol. The second-order valence-corrected chi connectivity index (χ2v) is 5.60. The summed E-state index contributed by atoms with van der Waals surface area (Å²) in [5.41, 5.74) is 1.39. The molecule has 114 valence electrons. The van der Waals surface area contributed by atoms with Crippen LogP contribution >= 0.6 is 0 Å². The van der Waals surface area contributed by atoms with Crippen LogP contribution in [0.15, 0.2) is 24.3 Å². The van der Waals surface area contributed by atoms with E-state index in [1.165, 1.54) is 24.8 Å². The first-order valence-electron chi connectivity index (χ1n) is 8.08. The van der Waals surface area contributed by atoms with Crippen molar-refractivity contribution in [1.82, 2.24) is 5.32 Å². The Morgan fingerprint density at radius 2 is 1.85 bits per heavy atom. The van der Waals surface area contributed by atoms with E-state index in [-0.39, 0.29) is 0 Å². The molecule has 0 fully saturated rings. The van der Waals surface area contributed by atoms with Crippen molar-refractivity contribution < 1.29 is 4.74 Å². The van der Waals surface area contributed by atoms with Crippen LogP contribution in [-0.2, 0) is 6.42 Å². The van der Waals surface area contributed by atoms with E-state index < -0.39 is 0 Å². The normalized spacial score (nSPS) is 12.7. The summed E-state index contributed by atoms with van der Waals surface area (Å²) >= 11 is 0. The van der Waals surface area contributed by atoms with Gasteiger partial charge in [-0.3, -0.25) is 0 Å². The van der Waals surface area contributed by atoms with Crippen molar-refractivity contribution in [2.45, 2.75) is 46.5 Å². The number of rotatable bonds is 10. The lowest BCUT2D eigenvalue weighted by atomic mass is 9.83. The van der Waals surface area contributed by atoms with Gasteiger partial charge in [0.05, 0.1) is 7.11 Å². The van der Waals surface area contributed by atoms with Gasteiger partial charge in [0.1, 0.15) is 5.75 Å². The van der Waals surface area contributed by atoms with Crippen molar-refractivity contribution in [3.05, 3.63) is 29.8 Å². The maximum atomic E-state index is 5.33. The molecule has 0 aliphatic carbocycles. The fourth-order valence-electron chi connectivity index (χ4n) is 2.93. The van der Waals surface area contributed by atoms with E-state index in [1.54, 1.807) is 7.11 Å².